The summed E-state index contributed by atoms with van der Waals surface area (Å²) in [6.45, 7) is 0.825. The first-order valence-corrected chi connectivity index (χ1v) is 7.16. The monoisotopic (exact) mass is 301 g/mol. The van der Waals surface area contributed by atoms with E-state index in [1.807, 2.05) is 0 Å². The predicted octanol–water partition coefficient (Wildman–Crippen LogP) is 2.67. The largest absolute Gasteiger partial charge is 0.468 e. The van der Waals surface area contributed by atoms with Crippen LogP contribution in [-0.2, 0) is 0 Å². The van der Waals surface area contributed by atoms with E-state index in [0.29, 0.717) is 6.04 Å². The molecule has 1 unspecified atom stereocenters. The molecule has 2 fully saturated rings. The van der Waals surface area contributed by atoms with Gasteiger partial charge in [-0.3, -0.25) is 4.90 Å². The van der Waals surface area contributed by atoms with E-state index in [9.17, 15) is 13.2 Å². The Bertz CT molecular complexity index is 473. The van der Waals surface area contributed by atoms with E-state index in [1.54, 1.807) is 6.07 Å². The van der Waals surface area contributed by atoms with Crippen LogP contribution in [0.5, 0.6) is 5.88 Å². The number of nitrogens with zero attached hydrogens (tertiary/aromatic N) is 2. The molecule has 21 heavy (non-hydrogen) atoms. The number of rotatable bonds is 5. The predicted molar refractivity (Wildman–Crippen MR) is 72.4 cm³/mol. The Labute approximate surface area is 121 Å². The van der Waals surface area contributed by atoms with E-state index in [1.165, 1.54) is 25.1 Å². The summed E-state index contributed by atoms with van der Waals surface area (Å²) in [4.78, 5) is 6.38. The van der Waals surface area contributed by atoms with Crippen LogP contribution in [0.3, 0.4) is 0 Å². The van der Waals surface area contributed by atoms with Gasteiger partial charge in [-0.15, -0.1) is 0 Å². The molecule has 2 aliphatic rings. The van der Waals surface area contributed by atoms with E-state index in [-0.39, 0.29) is 5.88 Å². The smallest absolute Gasteiger partial charge is 0.422 e. The summed E-state index contributed by atoms with van der Waals surface area (Å²) in [5, 5.41) is 3.37. The topological polar surface area (TPSA) is 37.4 Å². The molecule has 2 heterocycles. The molecule has 1 aromatic heterocycles. The Hall–Kier alpha value is -1.50. The van der Waals surface area contributed by atoms with Crippen molar-refractivity contribution in [1.29, 1.82) is 0 Å². The minimum atomic E-state index is -4.34. The van der Waals surface area contributed by atoms with Gasteiger partial charge in [0.1, 0.15) is 0 Å². The van der Waals surface area contributed by atoms with Gasteiger partial charge in [-0.05, 0) is 25.3 Å². The van der Waals surface area contributed by atoms with Crippen LogP contribution in [0.15, 0.2) is 18.3 Å². The molecular weight excluding hydrogens is 283 g/mol. The molecule has 3 rings (SSSR count). The zero-order valence-electron chi connectivity index (χ0n) is 11.6. The Kier molecular flexibility index (Phi) is 3.93. The number of halogens is 3. The molecule has 1 N–H and O–H groups in total. The van der Waals surface area contributed by atoms with Crippen molar-refractivity contribution in [2.45, 2.75) is 37.5 Å². The molecule has 0 bridgehead atoms. The fourth-order valence-corrected chi connectivity index (χ4v) is 2.62. The lowest BCUT2D eigenvalue weighted by atomic mass is 10.2. The van der Waals surface area contributed by atoms with Gasteiger partial charge in [0.25, 0.3) is 0 Å². The Morgan fingerprint density at radius 1 is 1.29 bits per heavy atom. The molecule has 0 spiro atoms. The maximum absolute atomic E-state index is 12.0. The Morgan fingerprint density at radius 3 is 2.71 bits per heavy atom. The summed E-state index contributed by atoms with van der Waals surface area (Å²) in [5.41, 5.74) is 0.817. The highest BCUT2D eigenvalue weighted by Gasteiger charge is 2.34. The van der Waals surface area contributed by atoms with Gasteiger partial charge >= 0.3 is 6.18 Å². The van der Waals surface area contributed by atoms with Crippen molar-refractivity contribution in [1.82, 2.24) is 9.88 Å². The quantitative estimate of drug-likeness (QED) is 0.907. The maximum atomic E-state index is 12.0. The third-order valence-corrected chi connectivity index (χ3v) is 3.77. The van der Waals surface area contributed by atoms with Crippen LogP contribution in [0.1, 0.15) is 19.3 Å². The van der Waals surface area contributed by atoms with E-state index in [2.05, 4.69) is 19.9 Å². The van der Waals surface area contributed by atoms with Crippen molar-refractivity contribution < 1.29 is 17.9 Å². The summed E-state index contributed by atoms with van der Waals surface area (Å²) in [6, 6.07) is 4.32. The van der Waals surface area contributed by atoms with Gasteiger partial charge in [0.2, 0.25) is 5.88 Å². The minimum Gasteiger partial charge on any atom is -0.468 e. The molecule has 0 radical (unpaired) electrons. The average Bonchev–Trinajstić information content (AvgIpc) is 3.18. The van der Waals surface area contributed by atoms with Crippen LogP contribution in [0.4, 0.5) is 18.9 Å². The highest BCUT2D eigenvalue weighted by molar-refractivity contribution is 5.43. The first kappa shape index (κ1) is 14.4. The van der Waals surface area contributed by atoms with Crippen molar-refractivity contribution in [3.8, 4) is 5.88 Å². The third-order valence-electron chi connectivity index (χ3n) is 3.77. The van der Waals surface area contributed by atoms with Gasteiger partial charge in [0, 0.05) is 31.2 Å². The summed E-state index contributed by atoms with van der Waals surface area (Å²) in [5.74, 6) is -0.0103. The lowest BCUT2D eigenvalue weighted by molar-refractivity contribution is -0.154. The van der Waals surface area contributed by atoms with Crippen LogP contribution in [0, 0.1) is 0 Å². The number of hydrogen-bond donors (Lipinski definition) is 1. The van der Waals surface area contributed by atoms with Crippen LogP contribution >= 0.6 is 0 Å². The van der Waals surface area contributed by atoms with Crippen LogP contribution in [0.25, 0.3) is 0 Å². The van der Waals surface area contributed by atoms with Gasteiger partial charge in [-0.25, -0.2) is 4.98 Å². The number of pyridine rings is 1. The molecule has 1 saturated heterocycles. The zero-order valence-corrected chi connectivity index (χ0v) is 11.6. The Morgan fingerprint density at radius 2 is 2.10 bits per heavy atom. The summed E-state index contributed by atoms with van der Waals surface area (Å²) < 4.78 is 40.7. The van der Waals surface area contributed by atoms with Crippen molar-refractivity contribution in [3.63, 3.8) is 0 Å². The van der Waals surface area contributed by atoms with E-state index in [0.717, 1.165) is 31.2 Å². The number of ether oxygens (including phenoxy) is 1. The zero-order chi connectivity index (χ0) is 14.9. The molecule has 4 nitrogen and oxygen atoms in total. The molecule has 116 valence electrons. The fraction of sp³-hybridized carbons (Fsp3) is 0.643. The molecule has 1 saturated carbocycles. The van der Waals surface area contributed by atoms with E-state index >= 15 is 0 Å². The first-order valence-electron chi connectivity index (χ1n) is 7.16. The number of aromatic nitrogens is 1. The summed E-state index contributed by atoms with van der Waals surface area (Å²) >= 11 is 0. The Balaban J connectivity index is 1.48. The van der Waals surface area contributed by atoms with Crippen molar-refractivity contribution in [2.24, 2.45) is 0 Å². The number of nitrogens with one attached hydrogen (secondary N) is 1. The van der Waals surface area contributed by atoms with Crippen molar-refractivity contribution in [3.05, 3.63) is 18.3 Å². The molecule has 1 aliphatic heterocycles. The second kappa shape index (κ2) is 5.71. The normalized spacial score (nSPS) is 23.3. The maximum Gasteiger partial charge on any atom is 0.422 e. The van der Waals surface area contributed by atoms with Gasteiger partial charge in [0.05, 0.1) is 11.9 Å². The SMILES string of the molecule is FC(F)(F)COc1ccc(NC2CCN(C3CC3)C2)cn1. The van der Waals surface area contributed by atoms with Gasteiger partial charge < -0.3 is 10.1 Å². The van der Waals surface area contributed by atoms with E-state index in [4.69, 9.17) is 0 Å². The molecular formula is C14H18F3N3O. The minimum absolute atomic E-state index is 0.0103. The molecule has 1 atom stereocenters. The standard InChI is InChI=1S/C14H18F3N3O/c15-14(16,17)9-21-13-4-1-10(7-18-13)19-11-5-6-20(8-11)12-2-3-12/h1,4,7,11-12,19H,2-3,5-6,8-9H2. The molecule has 1 aliphatic carbocycles. The number of likely N-dealkylation sites (tertiary alicyclic amines) is 1. The highest BCUT2D eigenvalue weighted by atomic mass is 19.4. The number of hydrogen-bond acceptors (Lipinski definition) is 4. The van der Waals surface area contributed by atoms with Gasteiger partial charge in [-0.2, -0.15) is 13.2 Å². The fourth-order valence-electron chi connectivity index (χ4n) is 2.62. The first-order chi connectivity index (χ1) is 9.99. The molecule has 0 aromatic carbocycles. The van der Waals surface area contributed by atoms with Gasteiger partial charge in [0.15, 0.2) is 6.61 Å². The van der Waals surface area contributed by atoms with Crippen LogP contribution in [0.2, 0.25) is 0 Å². The summed E-state index contributed by atoms with van der Waals surface area (Å²) in [7, 11) is 0. The third kappa shape index (κ3) is 4.23. The van der Waals surface area contributed by atoms with Gasteiger partial charge in [-0.1, -0.05) is 0 Å². The second-order valence-electron chi connectivity index (χ2n) is 5.65. The molecule has 1 aromatic rings. The lowest BCUT2D eigenvalue weighted by Crippen LogP contribution is -2.27. The molecule has 7 heteroatoms. The van der Waals surface area contributed by atoms with Crippen LogP contribution in [-0.4, -0.2) is 47.8 Å². The van der Waals surface area contributed by atoms with Crippen molar-refractivity contribution in [2.75, 3.05) is 25.0 Å². The highest BCUT2D eigenvalue weighted by Crippen LogP contribution is 2.30. The average molecular weight is 301 g/mol. The number of alkyl halides is 3. The summed E-state index contributed by atoms with van der Waals surface area (Å²) in [6.07, 6.45) is 0.877. The van der Waals surface area contributed by atoms with Crippen LogP contribution < -0.4 is 10.1 Å². The molecule has 0 amide bonds. The lowest BCUT2D eigenvalue weighted by Gasteiger charge is -2.16. The number of anilines is 1. The van der Waals surface area contributed by atoms with E-state index < -0.39 is 12.8 Å². The second-order valence-corrected chi connectivity index (χ2v) is 5.65. The van der Waals surface area contributed by atoms with Crippen molar-refractivity contribution >= 4 is 5.69 Å².